The van der Waals surface area contributed by atoms with Gasteiger partial charge in [0.05, 0.1) is 5.69 Å². The summed E-state index contributed by atoms with van der Waals surface area (Å²) < 4.78 is 5.68. The molecule has 1 fully saturated rings. The lowest BCUT2D eigenvalue weighted by Gasteiger charge is -2.33. The molecular weight excluding hydrogens is 304 g/mol. The number of rotatable bonds is 3. The highest BCUT2D eigenvalue weighted by Crippen LogP contribution is 2.35. The second-order valence-electron chi connectivity index (χ2n) is 6.09. The highest BCUT2D eigenvalue weighted by molar-refractivity contribution is 6.31. The van der Waals surface area contributed by atoms with E-state index in [1.54, 1.807) is 18.2 Å². The van der Waals surface area contributed by atoms with Gasteiger partial charge in [-0.05, 0) is 43.9 Å². The predicted molar refractivity (Wildman–Crippen MR) is 84.1 cm³/mol. The molecule has 0 unspecified atom stereocenters. The fraction of sp³-hybridized carbons (Fsp3) is 0.500. The number of benzene rings is 1. The molecule has 0 radical (unpaired) electrons. The molecule has 3 rings (SSSR count). The summed E-state index contributed by atoms with van der Waals surface area (Å²) in [7, 11) is 0. The first-order valence-corrected chi connectivity index (χ1v) is 7.95. The van der Waals surface area contributed by atoms with E-state index in [2.05, 4.69) is 10.6 Å². The first kappa shape index (κ1) is 15.2. The van der Waals surface area contributed by atoms with E-state index in [4.69, 9.17) is 16.3 Å². The molecular formula is C16H19ClN2O3. The van der Waals surface area contributed by atoms with Crippen molar-refractivity contribution in [3.63, 3.8) is 0 Å². The number of hydrogen-bond donors (Lipinski definition) is 2. The Morgan fingerprint density at radius 1 is 1.45 bits per heavy atom. The zero-order chi connectivity index (χ0) is 15.7. The van der Waals surface area contributed by atoms with Gasteiger partial charge in [0.15, 0.2) is 0 Å². The number of halogens is 1. The fourth-order valence-corrected chi connectivity index (χ4v) is 3.14. The average Bonchev–Trinajstić information content (AvgIpc) is 2.99. The molecule has 0 saturated heterocycles. The first-order valence-electron chi connectivity index (χ1n) is 7.57. The summed E-state index contributed by atoms with van der Waals surface area (Å²) >= 11 is 5.89. The van der Waals surface area contributed by atoms with Crippen molar-refractivity contribution in [2.75, 3.05) is 11.9 Å². The van der Waals surface area contributed by atoms with Gasteiger partial charge in [0.2, 0.25) is 0 Å². The lowest BCUT2D eigenvalue weighted by Crippen LogP contribution is -2.59. The molecule has 1 aromatic rings. The SMILES string of the molecule is C[C@]1(C(=O)NCC2CCCC2)Oc2ccc(Cl)cc2NC1=O. The van der Waals surface area contributed by atoms with E-state index in [9.17, 15) is 9.59 Å². The van der Waals surface area contributed by atoms with Crippen LogP contribution in [0.15, 0.2) is 18.2 Å². The van der Waals surface area contributed by atoms with Crippen molar-refractivity contribution < 1.29 is 14.3 Å². The number of hydrogen-bond acceptors (Lipinski definition) is 3. The van der Waals surface area contributed by atoms with Crippen LogP contribution in [0, 0.1) is 5.92 Å². The second-order valence-corrected chi connectivity index (χ2v) is 6.53. The lowest BCUT2D eigenvalue weighted by molar-refractivity contribution is -0.146. The summed E-state index contributed by atoms with van der Waals surface area (Å²) in [6, 6.07) is 4.92. The molecule has 5 nitrogen and oxygen atoms in total. The van der Waals surface area contributed by atoms with Crippen LogP contribution in [-0.4, -0.2) is 24.0 Å². The Morgan fingerprint density at radius 2 is 2.18 bits per heavy atom. The Balaban J connectivity index is 1.72. The summed E-state index contributed by atoms with van der Waals surface area (Å²) in [6.45, 7) is 2.09. The zero-order valence-corrected chi connectivity index (χ0v) is 13.2. The van der Waals surface area contributed by atoms with Crippen molar-refractivity contribution in [3.8, 4) is 5.75 Å². The second kappa shape index (κ2) is 5.80. The van der Waals surface area contributed by atoms with E-state index >= 15 is 0 Å². The lowest BCUT2D eigenvalue weighted by atomic mass is 10.0. The molecule has 0 bridgehead atoms. The van der Waals surface area contributed by atoms with Gasteiger partial charge in [-0.25, -0.2) is 0 Å². The largest absolute Gasteiger partial charge is 0.466 e. The Kier molecular flexibility index (Phi) is 4.00. The minimum absolute atomic E-state index is 0.405. The van der Waals surface area contributed by atoms with Crippen molar-refractivity contribution in [3.05, 3.63) is 23.2 Å². The van der Waals surface area contributed by atoms with Gasteiger partial charge < -0.3 is 15.4 Å². The van der Waals surface area contributed by atoms with Gasteiger partial charge in [0, 0.05) is 11.6 Å². The van der Waals surface area contributed by atoms with Gasteiger partial charge in [-0.3, -0.25) is 9.59 Å². The standard InChI is InChI=1S/C16H19ClN2O3/c1-16(14(20)18-9-10-4-2-3-5-10)15(21)19-12-8-11(17)6-7-13(12)22-16/h6-8,10H,2-5,9H2,1H3,(H,18,20)(H,19,21)/t16-/m1/s1. The van der Waals surface area contributed by atoms with Crippen LogP contribution in [-0.2, 0) is 9.59 Å². The minimum Gasteiger partial charge on any atom is -0.466 e. The monoisotopic (exact) mass is 322 g/mol. The number of carbonyl (C=O) groups excluding carboxylic acids is 2. The van der Waals surface area contributed by atoms with E-state index in [1.807, 2.05) is 0 Å². The Morgan fingerprint density at radius 3 is 2.91 bits per heavy atom. The molecule has 2 N–H and O–H groups in total. The molecule has 1 heterocycles. The summed E-state index contributed by atoms with van der Waals surface area (Å²) in [5, 5.41) is 6.04. The van der Waals surface area contributed by atoms with Crippen LogP contribution >= 0.6 is 11.6 Å². The molecule has 1 atom stereocenters. The van der Waals surface area contributed by atoms with Crippen LogP contribution in [0.2, 0.25) is 5.02 Å². The molecule has 1 aliphatic carbocycles. The Labute approximate surface area is 134 Å². The van der Waals surface area contributed by atoms with Crippen molar-refractivity contribution in [1.82, 2.24) is 5.32 Å². The van der Waals surface area contributed by atoms with Gasteiger partial charge in [0.25, 0.3) is 17.4 Å². The van der Waals surface area contributed by atoms with Gasteiger partial charge in [-0.1, -0.05) is 24.4 Å². The van der Waals surface area contributed by atoms with Crippen molar-refractivity contribution >= 4 is 29.1 Å². The molecule has 1 aliphatic heterocycles. The quantitative estimate of drug-likeness (QED) is 0.841. The normalized spacial score (nSPS) is 24.4. The maximum atomic E-state index is 12.4. The molecule has 2 amide bonds. The molecule has 118 valence electrons. The van der Waals surface area contributed by atoms with Crippen LogP contribution in [0.4, 0.5) is 5.69 Å². The van der Waals surface area contributed by atoms with Crippen LogP contribution in [0.1, 0.15) is 32.6 Å². The van der Waals surface area contributed by atoms with Crippen molar-refractivity contribution in [2.45, 2.75) is 38.2 Å². The number of anilines is 1. The van der Waals surface area contributed by atoms with Crippen LogP contribution in [0.25, 0.3) is 0 Å². The molecule has 6 heteroatoms. The summed E-state index contributed by atoms with van der Waals surface area (Å²) in [5.74, 6) is 0.0662. The number of amides is 2. The number of carbonyl (C=O) groups is 2. The van der Waals surface area contributed by atoms with Crippen LogP contribution < -0.4 is 15.4 Å². The van der Waals surface area contributed by atoms with E-state index in [0.29, 0.717) is 28.9 Å². The molecule has 0 spiro atoms. The van der Waals surface area contributed by atoms with Crippen molar-refractivity contribution in [1.29, 1.82) is 0 Å². The fourth-order valence-electron chi connectivity index (χ4n) is 2.97. The van der Waals surface area contributed by atoms with Gasteiger partial charge in [-0.15, -0.1) is 0 Å². The molecule has 0 aromatic heterocycles. The molecule has 2 aliphatic rings. The number of nitrogens with one attached hydrogen (secondary N) is 2. The maximum Gasteiger partial charge on any atom is 0.278 e. The third-order valence-electron chi connectivity index (χ3n) is 4.40. The van der Waals surface area contributed by atoms with E-state index in [0.717, 1.165) is 12.8 Å². The Bertz CT molecular complexity index is 613. The smallest absolute Gasteiger partial charge is 0.278 e. The van der Waals surface area contributed by atoms with Gasteiger partial charge in [0.1, 0.15) is 5.75 Å². The van der Waals surface area contributed by atoms with Gasteiger partial charge >= 0.3 is 0 Å². The summed E-state index contributed by atoms with van der Waals surface area (Å²) in [4.78, 5) is 24.7. The van der Waals surface area contributed by atoms with E-state index in [-0.39, 0.29) is 0 Å². The third-order valence-corrected chi connectivity index (χ3v) is 4.63. The Hall–Kier alpha value is -1.75. The van der Waals surface area contributed by atoms with Crippen LogP contribution in [0.3, 0.4) is 0 Å². The molecule has 1 saturated carbocycles. The molecule has 22 heavy (non-hydrogen) atoms. The summed E-state index contributed by atoms with van der Waals surface area (Å²) in [6.07, 6.45) is 4.68. The highest BCUT2D eigenvalue weighted by Gasteiger charge is 2.47. The first-order chi connectivity index (χ1) is 10.5. The predicted octanol–water partition coefficient (Wildman–Crippen LogP) is 2.74. The van der Waals surface area contributed by atoms with Gasteiger partial charge in [-0.2, -0.15) is 0 Å². The van der Waals surface area contributed by atoms with E-state index < -0.39 is 17.4 Å². The minimum atomic E-state index is -1.56. The van der Waals surface area contributed by atoms with Crippen molar-refractivity contribution in [2.24, 2.45) is 5.92 Å². The van der Waals surface area contributed by atoms with E-state index in [1.165, 1.54) is 19.8 Å². The molecule has 1 aromatic carbocycles. The zero-order valence-electron chi connectivity index (χ0n) is 12.4. The third kappa shape index (κ3) is 2.77. The number of ether oxygens (including phenoxy) is 1. The maximum absolute atomic E-state index is 12.4. The summed E-state index contributed by atoms with van der Waals surface area (Å²) in [5.41, 5.74) is -1.07. The topological polar surface area (TPSA) is 67.4 Å². The average molecular weight is 323 g/mol. The number of fused-ring (bicyclic) bond motifs is 1. The van der Waals surface area contributed by atoms with Crippen LogP contribution in [0.5, 0.6) is 5.75 Å². The highest BCUT2D eigenvalue weighted by atomic mass is 35.5.